The normalized spacial score (nSPS) is 55.0. The molecule has 2 N–H and O–H groups in total. The topological polar surface area (TPSA) is 40.5 Å². The molecule has 96 valence electrons. The first-order valence-electron chi connectivity index (χ1n) is 7.04. The Bertz CT molecular complexity index is 424. The van der Waals surface area contributed by atoms with Crippen molar-refractivity contribution in [3.8, 4) is 0 Å². The summed E-state index contributed by atoms with van der Waals surface area (Å²) in [6, 6.07) is 0. The largest absolute Gasteiger partial charge is 0.396 e. The summed E-state index contributed by atoms with van der Waals surface area (Å²) in [6.45, 7) is 0.401. The zero-order valence-corrected chi connectivity index (χ0v) is 10.5. The van der Waals surface area contributed by atoms with Crippen LogP contribution in [0.4, 0.5) is 0 Å². The quantitative estimate of drug-likeness (QED) is 0.728. The molecule has 0 unspecified atom stereocenters. The first-order valence-corrected chi connectivity index (χ1v) is 7.04. The van der Waals surface area contributed by atoms with Gasteiger partial charge in [-0.15, -0.1) is 0 Å². The molecule has 0 heterocycles. The van der Waals surface area contributed by atoms with Gasteiger partial charge in [-0.3, -0.25) is 0 Å². The molecule has 2 nitrogen and oxygen atoms in total. The van der Waals surface area contributed by atoms with Crippen molar-refractivity contribution in [2.75, 3.05) is 13.2 Å². The molecular weight excluding hydrogens is 224 g/mol. The van der Waals surface area contributed by atoms with Gasteiger partial charge in [-0.1, -0.05) is 36.5 Å². The molecule has 0 aliphatic heterocycles. The summed E-state index contributed by atoms with van der Waals surface area (Å²) in [4.78, 5) is 0. The minimum absolute atomic E-state index is 0.201. The molecule has 1 saturated carbocycles. The van der Waals surface area contributed by atoms with E-state index in [0.717, 1.165) is 12.8 Å². The molecule has 0 aromatic heterocycles. The Balaban J connectivity index is 1.88. The molecule has 2 heteroatoms. The Morgan fingerprint density at radius 1 is 0.833 bits per heavy atom. The monoisotopic (exact) mass is 244 g/mol. The van der Waals surface area contributed by atoms with E-state index in [2.05, 4.69) is 36.5 Å². The second-order valence-electron chi connectivity index (χ2n) is 6.42. The average molecular weight is 244 g/mol. The molecule has 0 aromatic carbocycles. The van der Waals surface area contributed by atoms with Gasteiger partial charge in [0.2, 0.25) is 0 Å². The number of fused-ring (bicyclic) bond motifs is 1. The summed E-state index contributed by atoms with van der Waals surface area (Å²) in [7, 11) is 0. The second-order valence-corrected chi connectivity index (χ2v) is 6.42. The van der Waals surface area contributed by atoms with E-state index < -0.39 is 0 Å². The maximum Gasteiger partial charge on any atom is 0.0468 e. The van der Waals surface area contributed by atoms with E-state index in [0.29, 0.717) is 11.8 Å². The van der Waals surface area contributed by atoms with Crippen molar-refractivity contribution in [3.63, 3.8) is 0 Å². The summed E-state index contributed by atoms with van der Waals surface area (Å²) in [6.07, 6.45) is 16.2. The number of allylic oxidation sites excluding steroid dienone is 6. The highest BCUT2D eigenvalue weighted by Crippen LogP contribution is 2.73. The van der Waals surface area contributed by atoms with Crippen LogP contribution in [0, 0.1) is 34.5 Å². The summed E-state index contributed by atoms with van der Waals surface area (Å²) >= 11 is 0. The van der Waals surface area contributed by atoms with Crippen molar-refractivity contribution < 1.29 is 10.2 Å². The van der Waals surface area contributed by atoms with Crippen LogP contribution < -0.4 is 0 Å². The molecule has 1 fully saturated rings. The molecule has 0 aromatic rings. The van der Waals surface area contributed by atoms with Crippen LogP contribution in [0.25, 0.3) is 0 Å². The van der Waals surface area contributed by atoms with Crippen LogP contribution in [0.2, 0.25) is 0 Å². The lowest BCUT2D eigenvalue weighted by molar-refractivity contribution is -0.135. The zero-order chi connectivity index (χ0) is 12.4. The van der Waals surface area contributed by atoms with Crippen molar-refractivity contribution in [1.29, 1.82) is 0 Å². The van der Waals surface area contributed by atoms with E-state index in [1.54, 1.807) is 0 Å². The van der Waals surface area contributed by atoms with Gasteiger partial charge in [0, 0.05) is 24.0 Å². The highest BCUT2D eigenvalue weighted by atomic mass is 16.3. The van der Waals surface area contributed by atoms with E-state index in [9.17, 15) is 10.2 Å². The van der Waals surface area contributed by atoms with Crippen LogP contribution in [-0.4, -0.2) is 23.4 Å². The summed E-state index contributed by atoms with van der Waals surface area (Å²) in [5.74, 6) is 1.27. The molecule has 0 saturated heterocycles. The predicted molar refractivity (Wildman–Crippen MR) is 69.7 cm³/mol. The Kier molecular flexibility index (Phi) is 2.06. The van der Waals surface area contributed by atoms with Crippen LogP contribution in [0.15, 0.2) is 36.5 Å². The van der Waals surface area contributed by atoms with Gasteiger partial charge in [0.05, 0.1) is 0 Å². The third-order valence-corrected chi connectivity index (χ3v) is 6.23. The van der Waals surface area contributed by atoms with Crippen LogP contribution in [0.5, 0.6) is 0 Å². The number of aliphatic hydroxyl groups excluding tert-OH is 2. The van der Waals surface area contributed by atoms with Gasteiger partial charge in [0.25, 0.3) is 0 Å². The Morgan fingerprint density at radius 3 is 1.61 bits per heavy atom. The Labute approximate surface area is 108 Å². The van der Waals surface area contributed by atoms with Crippen molar-refractivity contribution in [1.82, 2.24) is 0 Å². The molecular formula is C16H20O2. The van der Waals surface area contributed by atoms with E-state index in [1.165, 1.54) is 0 Å². The Hall–Kier alpha value is -0.860. The molecule has 5 aliphatic rings. The maximum atomic E-state index is 9.74. The number of hydrogen-bond acceptors (Lipinski definition) is 2. The van der Waals surface area contributed by atoms with E-state index in [-0.39, 0.29) is 35.9 Å². The van der Waals surface area contributed by atoms with E-state index in [1.807, 2.05) is 0 Å². The fourth-order valence-corrected chi connectivity index (χ4v) is 5.36. The fourth-order valence-electron chi connectivity index (χ4n) is 5.36. The van der Waals surface area contributed by atoms with E-state index in [4.69, 9.17) is 0 Å². The van der Waals surface area contributed by atoms with Gasteiger partial charge in [0.1, 0.15) is 0 Å². The maximum absolute atomic E-state index is 9.74. The first-order chi connectivity index (χ1) is 8.79. The molecule has 18 heavy (non-hydrogen) atoms. The van der Waals surface area contributed by atoms with Crippen LogP contribution in [-0.2, 0) is 0 Å². The van der Waals surface area contributed by atoms with Crippen LogP contribution in [0.3, 0.4) is 0 Å². The van der Waals surface area contributed by atoms with Gasteiger partial charge in [-0.25, -0.2) is 0 Å². The molecule has 6 atom stereocenters. The zero-order valence-electron chi connectivity index (χ0n) is 10.5. The number of hydrogen-bond donors (Lipinski definition) is 2. The van der Waals surface area contributed by atoms with Gasteiger partial charge >= 0.3 is 0 Å². The minimum Gasteiger partial charge on any atom is -0.396 e. The predicted octanol–water partition coefficient (Wildman–Crippen LogP) is 1.91. The lowest BCUT2D eigenvalue weighted by Crippen LogP contribution is -2.66. The SMILES string of the molecule is OC[C@@H]1[C@H](CO)[C@H]2C=C[C@H]1[C@]13C=C[C@@]21CC=CC3. The number of rotatable bonds is 2. The standard InChI is InChI=1S/C16H20O2/c17-9-11-12(10-18)14-4-3-13(11)15-5-1-2-6-16(14,15)8-7-15/h1-4,7-8,11-14,17-18H,5-6,9-10H2/t11-,12+,13-,14-,15+,16+/m1/s1. The first kappa shape index (κ1) is 11.0. The third-order valence-electron chi connectivity index (χ3n) is 6.23. The molecule has 0 radical (unpaired) electrons. The Morgan fingerprint density at radius 2 is 1.28 bits per heavy atom. The minimum atomic E-state index is 0.201. The molecule has 2 bridgehead atoms. The fraction of sp³-hybridized carbons (Fsp3) is 0.625. The molecule has 5 aliphatic carbocycles. The van der Waals surface area contributed by atoms with Gasteiger partial charge in [-0.2, -0.15) is 0 Å². The van der Waals surface area contributed by atoms with Crippen molar-refractivity contribution in [3.05, 3.63) is 36.5 Å². The van der Waals surface area contributed by atoms with Crippen molar-refractivity contribution >= 4 is 0 Å². The molecule has 0 spiro atoms. The summed E-state index contributed by atoms with van der Waals surface area (Å²) in [5.41, 5.74) is 0.473. The smallest absolute Gasteiger partial charge is 0.0468 e. The summed E-state index contributed by atoms with van der Waals surface area (Å²) in [5, 5.41) is 19.5. The number of aliphatic hydroxyl groups is 2. The van der Waals surface area contributed by atoms with Gasteiger partial charge in [0.15, 0.2) is 0 Å². The average Bonchev–Trinajstić information content (AvgIpc) is 2.40. The highest BCUT2D eigenvalue weighted by molar-refractivity contribution is 5.42. The third kappa shape index (κ3) is 0.927. The van der Waals surface area contributed by atoms with Gasteiger partial charge < -0.3 is 10.2 Å². The van der Waals surface area contributed by atoms with Crippen LogP contribution >= 0.6 is 0 Å². The second kappa shape index (κ2) is 3.37. The van der Waals surface area contributed by atoms with Gasteiger partial charge in [-0.05, 0) is 36.5 Å². The summed E-state index contributed by atoms with van der Waals surface area (Å²) < 4.78 is 0. The van der Waals surface area contributed by atoms with Crippen molar-refractivity contribution in [2.24, 2.45) is 34.5 Å². The van der Waals surface area contributed by atoms with Crippen LogP contribution in [0.1, 0.15) is 12.8 Å². The molecule has 0 amide bonds. The lowest BCUT2D eigenvalue weighted by atomic mass is 9.33. The molecule has 5 rings (SSSR count). The van der Waals surface area contributed by atoms with Crippen molar-refractivity contribution in [2.45, 2.75) is 12.8 Å². The lowest BCUT2D eigenvalue weighted by Gasteiger charge is -2.70. The van der Waals surface area contributed by atoms with E-state index >= 15 is 0 Å². The highest BCUT2D eigenvalue weighted by Gasteiger charge is 2.68.